The molecule has 0 radical (unpaired) electrons. The lowest BCUT2D eigenvalue weighted by Gasteiger charge is -2.44. The fourth-order valence-corrected chi connectivity index (χ4v) is 4.62. The molecule has 2 fully saturated rings. The van der Waals surface area contributed by atoms with E-state index in [1.807, 2.05) is 0 Å². The molecule has 0 amide bonds. The van der Waals surface area contributed by atoms with Crippen molar-refractivity contribution < 1.29 is 9.13 Å². The number of rotatable bonds is 7. The molecule has 0 unspecified atom stereocenters. The third kappa shape index (κ3) is 5.17. The van der Waals surface area contributed by atoms with Crippen LogP contribution in [0.4, 0.5) is 27.3 Å². The van der Waals surface area contributed by atoms with Crippen LogP contribution in [-0.2, 0) is 0 Å². The maximum Gasteiger partial charge on any atom is 0.213 e. The Kier molecular flexibility index (Phi) is 6.85. The van der Waals surface area contributed by atoms with E-state index in [1.165, 1.54) is 19.2 Å². The molecule has 3 N–H and O–H groups in total. The third-order valence-electron chi connectivity index (χ3n) is 7.08. The molecule has 0 bridgehead atoms. The van der Waals surface area contributed by atoms with Crippen molar-refractivity contribution in [2.75, 3.05) is 42.7 Å². The Morgan fingerprint density at radius 1 is 1.14 bits per heavy atom. The quantitative estimate of drug-likeness (QED) is 0.429. The molecule has 1 saturated carbocycles. The van der Waals surface area contributed by atoms with Crippen LogP contribution < -0.4 is 20.7 Å². The van der Waals surface area contributed by atoms with Crippen molar-refractivity contribution in [1.29, 1.82) is 0 Å². The van der Waals surface area contributed by atoms with Gasteiger partial charge in [0, 0.05) is 43.0 Å². The van der Waals surface area contributed by atoms with E-state index in [9.17, 15) is 0 Å². The number of anilines is 4. The van der Waals surface area contributed by atoms with Gasteiger partial charge in [0.25, 0.3) is 0 Å². The first-order valence-corrected chi connectivity index (χ1v) is 12.6. The van der Waals surface area contributed by atoms with Crippen LogP contribution in [0, 0.1) is 11.7 Å². The number of hydrogen-bond donors (Lipinski definition) is 2. The van der Waals surface area contributed by atoms with Crippen LogP contribution in [0.5, 0.6) is 5.88 Å². The summed E-state index contributed by atoms with van der Waals surface area (Å²) in [6.07, 6.45) is 5.36. The van der Waals surface area contributed by atoms with Gasteiger partial charge in [-0.1, -0.05) is 11.6 Å². The van der Waals surface area contributed by atoms with E-state index in [0.717, 1.165) is 18.8 Å². The van der Waals surface area contributed by atoms with E-state index in [4.69, 9.17) is 22.1 Å². The molecule has 36 heavy (non-hydrogen) atoms. The summed E-state index contributed by atoms with van der Waals surface area (Å²) in [5.41, 5.74) is 8.89. The van der Waals surface area contributed by atoms with E-state index >= 15 is 4.39 Å². The normalized spacial score (nSPS) is 20.4. The lowest BCUT2D eigenvalue weighted by molar-refractivity contribution is 0.170. The monoisotopic (exact) mass is 511 g/mol. The van der Waals surface area contributed by atoms with Gasteiger partial charge in [0.2, 0.25) is 5.88 Å². The lowest BCUT2D eigenvalue weighted by atomic mass is 10.0. The molecule has 3 aromatic rings. The number of halogens is 2. The van der Waals surface area contributed by atoms with Crippen LogP contribution in [0.25, 0.3) is 11.1 Å². The SMILES string of the molecule is C[C@@H]1CN(c2cc(F)c(-c3ccnc(OCC4CC4)c3)cc2Nc2ncnc(Cl)c2N)C[C@H](C)N1C. The van der Waals surface area contributed by atoms with Crippen molar-refractivity contribution in [1.82, 2.24) is 19.9 Å². The predicted molar refractivity (Wildman–Crippen MR) is 141 cm³/mol. The minimum Gasteiger partial charge on any atom is -0.477 e. The van der Waals surface area contributed by atoms with Gasteiger partial charge in [0.05, 0.1) is 18.0 Å². The number of nitrogens with zero attached hydrogens (tertiary/aromatic N) is 5. The van der Waals surface area contributed by atoms with Crippen LogP contribution in [0.3, 0.4) is 0 Å². The Bertz CT molecular complexity index is 1240. The number of pyridine rings is 1. The average molecular weight is 512 g/mol. The summed E-state index contributed by atoms with van der Waals surface area (Å²) in [5.74, 6) is 1.13. The van der Waals surface area contributed by atoms with Crippen molar-refractivity contribution in [3.05, 3.63) is 47.8 Å². The summed E-state index contributed by atoms with van der Waals surface area (Å²) in [5, 5.41) is 3.45. The van der Waals surface area contributed by atoms with E-state index in [2.05, 4.69) is 51.0 Å². The second-order valence-corrected chi connectivity index (χ2v) is 10.2. The zero-order valence-electron chi connectivity index (χ0n) is 20.7. The molecule has 2 atom stereocenters. The van der Waals surface area contributed by atoms with Crippen LogP contribution in [0.15, 0.2) is 36.8 Å². The number of aromatic nitrogens is 3. The van der Waals surface area contributed by atoms with Crippen molar-refractivity contribution in [2.45, 2.75) is 38.8 Å². The standard InChI is InChI=1S/C26H31ClFN7O/c1-15-11-35(12-16(2)34(15)3)22-10-20(28)19(9-21(22)33-26-24(29)25(27)31-14-32-26)18-6-7-30-23(8-18)36-13-17-4-5-17/h6-10,14-17H,4-5,11-13,29H2,1-3H3,(H,31,32,33)/t15-,16+. The highest BCUT2D eigenvalue weighted by molar-refractivity contribution is 6.32. The van der Waals surface area contributed by atoms with E-state index in [-0.39, 0.29) is 16.7 Å². The Morgan fingerprint density at radius 2 is 1.89 bits per heavy atom. The zero-order chi connectivity index (χ0) is 25.4. The second kappa shape index (κ2) is 10.1. The van der Waals surface area contributed by atoms with Crippen LogP contribution in [0.2, 0.25) is 5.15 Å². The molecule has 1 aliphatic heterocycles. The third-order valence-corrected chi connectivity index (χ3v) is 7.39. The van der Waals surface area contributed by atoms with E-state index in [0.29, 0.717) is 53.1 Å². The molecule has 1 aliphatic carbocycles. The van der Waals surface area contributed by atoms with Crippen molar-refractivity contribution in [2.24, 2.45) is 5.92 Å². The highest BCUT2D eigenvalue weighted by atomic mass is 35.5. The largest absolute Gasteiger partial charge is 0.477 e. The van der Waals surface area contributed by atoms with Gasteiger partial charge in [-0.15, -0.1) is 0 Å². The van der Waals surface area contributed by atoms with Gasteiger partial charge in [-0.05, 0) is 63.4 Å². The number of nitrogens with one attached hydrogen (secondary N) is 1. The van der Waals surface area contributed by atoms with Gasteiger partial charge in [-0.25, -0.2) is 19.3 Å². The number of nitrogen functional groups attached to an aromatic ring is 1. The first-order valence-electron chi connectivity index (χ1n) is 12.2. The van der Waals surface area contributed by atoms with Gasteiger partial charge in [0.1, 0.15) is 17.8 Å². The Hall–Kier alpha value is -3.17. The molecule has 1 saturated heterocycles. The van der Waals surface area contributed by atoms with Gasteiger partial charge >= 0.3 is 0 Å². The molecular formula is C26H31ClFN7O. The molecule has 0 spiro atoms. The molecule has 2 aliphatic rings. The minimum atomic E-state index is -0.331. The first kappa shape index (κ1) is 24.5. The number of likely N-dealkylation sites (N-methyl/N-ethyl adjacent to an activating group) is 1. The number of nitrogens with two attached hydrogens (primary N) is 1. The second-order valence-electron chi connectivity index (χ2n) is 9.81. The van der Waals surface area contributed by atoms with Crippen LogP contribution >= 0.6 is 11.6 Å². The number of benzene rings is 1. The summed E-state index contributed by atoms with van der Waals surface area (Å²) in [4.78, 5) is 17.0. The highest BCUT2D eigenvalue weighted by Crippen LogP contribution is 2.39. The summed E-state index contributed by atoms with van der Waals surface area (Å²) in [6, 6.07) is 7.52. The molecule has 5 rings (SSSR count). The highest BCUT2D eigenvalue weighted by Gasteiger charge is 2.29. The maximum atomic E-state index is 15.7. The van der Waals surface area contributed by atoms with Crippen molar-refractivity contribution in [3.8, 4) is 17.0 Å². The van der Waals surface area contributed by atoms with Crippen LogP contribution in [-0.4, -0.2) is 58.7 Å². The Morgan fingerprint density at radius 3 is 2.61 bits per heavy atom. The smallest absolute Gasteiger partial charge is 0.213 e. The molecule has 8 nitrogen and oxygen atoms in total. The first-order chi connectivity index (χ1) is 17.3. The fourth-order valence-electron chi connectivity index (χ4n) is 4.49. The van der Waals surface area contributed by atoms with Gasteiger partial charge in [-0.3, -0.25) is 4.90 Å². The number of piperazine rings is 1. The van der Waals surface area contributed by atoms with Crippen molar-refractivity contribution >= 4 is 34.5 Å². The van der Waals surface area contributed by atoms with Gasteiger partial charge in [-0.2, -0.15) is 0 Å². The summed E-state index contributed by atoms with van der Waals surface area (Å²) >= 11 is 6.14. The molecule has 2 aromatic heterocycles. The Labute approximate surface area is 215 Å². The van der Waals surface area contributed by atoms with Gasteiger partial charge < -0.3 is 20.7 Å². The lowest BCUT2D eigenvalue weighted by Crippen LogP contribution is -2.55. The van der Waals surface area contributed by atoms with Gasteiger partial charge in [0.15, 0.2) is 11.0 Å². The molecule has 3 heterocycles. The molecule has 190 valence electrons. The van der Waals surface area contributed by atoms with Crippen molar-refractivity contribution in [3.63, 3.8) is 0 Å². The average Bonchev–Trinajstić information content (AvgIpc) is 3.69. The van der Waals surface area contributed by atoms with Crippen LogP contribution in [0.1, 0.15) is 26.7 Å². The molecule has 10 heteroatoms. The van der Waals surface area contributed by atoms with E-state index in [1.54, 1.807) is 30.5 Å². The predicted octanol–water partition coefficient (Wildman–Crippen LogP) is 4.97. The summed E-state index contributed by atoms with van der Waals surface area (Å²) in [6.45, 7) is 6.48. The molecular weight excluding hydrogens is 481 g/mol. The molecule has 1 aromatic carbocycles. The van der Waals surface area contributed by atoms with E-state index < -0.39 is 0 Å². The summed E-state index contributed by atoms with van der Waals surface area (Å²) in [7, 11) is 2.12. The zero-order valence-corrected chi connectivity index (χ0v) is 21.5. The maximum absolute atomic E-state index is 15.7. The minimum absolute atomic E-state index is 0.157. The number of hydrogen-bond acceptors (Lipinski definition) is 8. The Balaban J connectivity index is 1.54. The number of ether oxygens (including phenoxy) is 1. The fraction of sp³-hybridized carbons (Fsp3) is 0.423. The summed E-state index contributed by atoms with van der Waals surface area (Å²) < 4.78 is 21.5. The topological polar surface area (TPSA) is 92.4 Å².